The maximum atomic E-state index is 13.4. The van der Waals surface area contributed by atoms with Crippen molar-refractivity contribution in [3.63, 3.8) is 0 Å². The van der Waals surface area contributed by atoms with Crippen LogP contribution in [0.15, 0.2) is 48.5 Å². The van der Waals surface area contributed by atoms with Gasteiger partial charge in [-0.25, -0.2) is 4.39 Å². The van der Waals surface area contributed by atoms with Gasteiger partial charge in [-0.2, -0.15) is 0 Å². The molecule has 0 radical (unpaired) electrons. The van der Waals surface area contributed by atoms with Gasteiger partial charge in [0.05, 0.1) is 5.02 Å². The topological polar surface area (TPSA) is 46.2 Å². The number of aliphatic hydroxyl groups is 1. The van der Waals surface area contributed by atoms with E-state index in [-0.39, 0.29) is 18.0 Å². The summed E-state index contributed by atoms with van der Waals surface area (Å²) in [4.78, 5) is 0. The van der Waals surface area contributed by atoms with Crippen molar-refractivity contribution in [2.24, 2.45) is 5.73 Å². The average Bonchev–Trinajstić information content (AvgIpc) is 2.45. The van der Waals surface area contributed by atoms with Gasteiger partial charge < -0.3 is 10.8 Å². The average molecular weight is 280 g/mol. The van der Waals surface area contributed by atoms with E-state index < -0.39 is 11.4 Å². The summed E-state index contributed by atoms with van der Waals surface area (Å²) in [5, 5.41) is 10.7. The highest BCUT2D eigenvalue weighted by Crippen LogP contribution is 2.29. The van der Waals surface area contributed by atoms with Gasteiger partial charge in [0.1, 0.15) is 11.4 Å². The van der Waals surface area contributed by atoms with Crippen LogP contribution >= 0.6 is 11.6 Å². The SMILES string of the molecule is NCC(O)(Cc1cccc(F)c1Cl)c1ccccc1. The highest BCUT2D eigenvalue weighted by molar-refractivity contribution is 6.31. The Morgan fingerprint density at radius 3 is 2.42 bits per heavy atom. The summed E-state index contributed by atoms with van der Waals surface area (Å²) in [5.74, 6) is -0.494. The monoisotopic (exact) mass is 279 g/mol. The smallest absolute Gasteiger partial charge is 0.142 e. The first-order chi connectivity index (χ1) is 9.07. The summed E-state index contributed by atoms with van der Waals surface area (Å²) in [7, 11) is 0. The van der Waals surface area contributed by atoms with Gasteiger partial charge in [-0.1, -0.05) is 54.1 Å². The summed E-state index contributed by atoms with van der Waals surface area (Å²) in [5.41, 5.74) is 5.67. The molecule has 0 aliphatic rings. The first kappa shape index (κ1) is 14.0. The first-order valence-corrected chi connectivity index (χ1v) is 6.35. The van der Waals surface area contributed by atoms with Crippen molar-refractivity contribution in [3.05, 3.63) is 70.5 Å². The molecule has 0 saturated heterocycles. The van der Waals surface area contributed by atoms with Crippen LogP contribution in [0.4, 0.5) is 4.39 Å². The Morgan fingerprint density at radius 1 is 1.11 bits per heavy atom. The van der Waals surface area contributed by atoms with E-state index in [1.165, 1.54) is 6.07 Å². The Labute approximate surface area is 116 Å². The molecule has 19 heavy (non-hydrogen) atoms. The molecule has 1 atom stereocenters. The van der Waals surface area contributed by atoms with E-state index in [9.17, 15) is 9.50 Å². The van der Waals surface area contributed by atoms with Gasteiger partial charge in [-0.15, -0.1) is 0 Å². The molecule has 0 spiro atoms. The second-order valence-corrected chi connectivity index (χ2v) is 4.87. The van der Waals surface area contributed by atoms with Crippen LogP contribution in [0.3, 0.4) is 0 Å². The first-order valence-electron chi connectivity index (χ1n) is 5.98. The van der Waals surface area contributed by atoms with Crippen LogP contribution in [0.25, 0.3) is 0 Å². The summed E-state index contributed by atoms with van der Waals surface area (Å²) >= 11 is 5.92. The van der Waals surface area contributed by atoms with E-state index in [0.29, 0.717) is 11.1 Å². The van der Waals surface area contributed by atoms with Gasteiger partial charge in [0, 0.05) is 13.0 Å². The predicted octanol–water partition coefficient (Wildman–Crippen LogP) is 2.87. The zero-order valence-electron chi connectivity index (χ0n) is 10.3. The van der Waals surface area contributed by atoms with Gasteiger partial charge in [-0.05, 0) is 17.2 Å². The van der Waals surface area contributed by atoms with Gasteiger partial charge in [0.15, 0.2) is 0 Å². The predicted molar refractivity (Wildman–Crippen MR) is 74.5 cm³/mol. The van der Waals surface area contributed by atoms with E-state index in [4.69, 9.17) is 17.3 Å². The zero-order valence-corrected chi connectivity index (χ0v) is 11.1. The third-order valence-electron chi connectivity index (χ3n) is 3.16. The Balaban J connectivity index is 2.36. The second-order valence-electron chi connectivity index (χ2n) is 4.49. The van der Waals surface area contributed by atoms with Crippen LogP contribution in [0, 0.1) is 5.82 Å². The van der Waals surface area contributed by atoms with Crippen molar-refractivity contribution in [1.82, 2.24) is 0 Å². The lowest BCUT2D eigenvalue weighted by Crippen LogP contribution is -2.37. The minimum Gasteiger partial charge on any atom is -0.383 e. The van der Waals surface area contributed by atoms with Crippen LogP contribution in [0.5, 0.6) is 0 Å². The number of halogens is 2. The lowest BCUT2D eigenvalue weighted by Gasteiger charge is -2.27. The maximum absolute atomic E-state index is 13.4. The Kier molecular flexibility index (Phi) is 4.20. The fraction of sp³-hybridized carbons (Fsp3) is 0.200. The molecule has 100 valence electrons. The normalized spacial score (nSPS) is 14.1. The second kappa shape index (κ2) is 5.70. The van der Waals surface area contributed by atoms with Crippen LogP contribution in [0.1, 0.15) is 11.1 Å². The van der Waals surface area contributed by atoms with Gasteiger partial charge in [-0.3, -0.25) is 0 Å². The molecule has 0 amide bonds. The summed E-state index contributed by atoms with van der Waals surface area (Å²) in [6.45, 7) is 0.0316. The van der Waals surface area contributed by atoms with Gasteiger partial charge >= 0.3 is 0 Å². The fourth-order valence-electron chi connectivity index (χ4n) is 2.04. The quantitative estimate of drug-likeness (QED) is 0.904. The van der Waals surface area contributed by atoms with E-state index in [2.05, 4.69) is 0 Å². The molecule has 0 heterocycles. The lowest BCUT2D eigenvalue weighted by atomic mass is 9.87. The van der Waals surface area contributed by atoms with Crippen molar-refractivity contribution in [1.29, 1.82) is 0 Å². The molecular formula is C15H15ClFNO. The minimum atomic E-state index is -1.25. The van der Waals surface area contributed by atoms with Crippen molar-refractivity contribution in [2.45, 2.75) is 12.0 Å². The van der Waals surface area contributed by atoms with Gasteiger partial charge in [0.2, 0.25) is 0 Å². The van der Waals surface area contributed by atoms with Crippen molar-refractivity contribution in [2.75, 3.05) is 6.54 Å². The number of nitrogens with two attached hydrogens (primary N) is 1. The number of rotatable bonds is 4. The number of hydrogen-bond acceptors (Lipinski definition) is 2. The maximum Gasteiger partial charge on any atom is 0.142 e. The fourth-order valence-corrected chi connectivity index (χ4v) is 2.23. The molecule has 0 fully saturated rings. The van der Waals surface area contributed by atoms with Crippen molar-refractivity contribution in [3.8, 4) is 0 Å². The third-order valence-corrected chi connectivity index (χ3v) is 3.59. The van der Waals surface area contributed by atoms with Crippen molar-refractivity contribution >= 4 is 11.6 Å². The molecule has 0 aromatic heterocycles. The molecule has 0 aliphatic heterocycles. The summed E-state index contributed by atoms with van der Waals surface area (Å²) in [6, 6.07) is 13.6. The van der Waals surface area contributed by atoms with E-state index in [0.717, 1.165) is 0 Å². The van der Waals surface area contributed by atoms with E-state index in [1.807, 2.05) is 18.2 Å². The van der Waals surface area contributed by atoms with Gasteiger partial charge in [0.25, 0.3) is 0 Å². The van der Waals surface area contributed by atoms with Crippen LogP contribution in [-0.2, 0) is 12.0 Å². The molecule has 1 unspecified atom stereocenters. The summed E-state index contributed by atoms with van der Waals surface area (Å²) < 4.78 is 13.4. The largest absolute Gasteiger partial charge is 0.383 e. The molecule has 2 aromatic carbocycles. The zero-order chi connectivity index (χ0) is 13.9. The van der Waals surface area contributed by atoms with Crippen LogP contribution in [-0.4, -0.2) is 11.7 Å². The highest BCUT2D eigenvalue weighted by Gasteiger charge is 2.29. The molecule has 3 N–H and O–H groups in total. The standard InChI is InChI=1S/C15H15ClFNO/c16-14-11(5-4-8-13(14)17)9-15(19,10-18)12-6-2-1-3-7-12/h1-8,19H,9-10,18H2. The van der Waals surface area contributed by atoms with E-state index >= 15 is 0 Å². The molecule has 4 heteroatoms. The third kappa shape index (κ3) is 2.95. The molecule has 2 rings (SSSR count). The van der Waals surface area contributed by atoms with Crippen LogP contribution < -0.4 is 5.73 Å². The molecule has 0 saturated carbocycles. The van der Waals surface area contributed by atoms with E-state index in [1.54, 1.807) is 24.3 Å². The highest BCUT2D eigenvalue weighted by atomic mass is 35.5. The number of benzene rings is 2. The Bertz CT molecular complexity index is 561. The molecule has 0 bridgehead atoms. The van der Waals surface area contributed by atoms with Crippen LogP contribution in [0.2, 0.25) is 5.02 Å². The molecular weight excluding hydrogens is 265 g/mol. The number of hydrogen-bond donors (Lipinski definition) is 2. The molecule has 2 aromatic rings. The Morgan fingerprint density at radius 2 is 1.79 bits per heavy atom. The van der Waals surface area contributed by atoms with Crippen molar-refractivity contribution < 1.29 is 9.50 Å². The summed E-state index contributed by atoms with van der Waals surface area (Å²) in [6.07, 6.45) is 0.171. The lowest BCUT2D eigenvalue weighted by molar-refractivity contribution is 0.0462. The molecule has 0 aliphatic carbocycles. The Hall–Kier alpha value is -1.42. The minimum absolute atomic E-state index is 0.0316. The molecule has 2 nitrogen and oxygen atoms in total.